The van der Waals surface area contributed by atoms with Gasteiger partial charge in [0.25, 0.3) is 0 Å². The molecule has 1 heterocycles. The zero-order valence-corrected chi connectivity index (χ0v) is 17.7. The van der Waals surface area contributed by atoms with Gasteiger partial charge in [0.15, 0.2) is 0 Å². The molecule has 158 valence electrons. The summed E-state index contributed by atoms with van der Waals surface area (Å²) in [5.41, 5.74) is 3.00. The fourth-order valence-electron chi connectivity index (χ4n) is 3.37. The van der Waals surface area contributed by atoms with Crippen LogP contribution in [0.2, 0.25) is 0 Å². The number of carbonyl (C=O) groups is 1. The number of carboxylic acids is 1. The first kappa shape index (κ1) is 22.1. The molecular weight excluding hydrogens is 412 g/mol. The van der Waals surface area contributed by atoms with E-state index >= 15 is 0 Å². The second-order valence-electron chi connectivity index (χ2n) is 7.06. The Labute approximate surface area is 187 Å². The van der Waals surface area contributed by atoms with Crippen LogP contribution in [0.25, 0.3) is 16.8 Å². The number of hydrogen-bond donors (Lipinski definition) is 1. The monoisotopic (exact) mass is 434 g/mol. The number of aliphatic carboxylic acids is 1. The molecule has 1 aromatic heterocycles. The lowest BCUT2D eigenvalue weighted by Gasteiger charge is -2.12. The van der Waals surface area contributed by atoms with Crippen molar-refractivity contribution in [2.75, 3.05) is 6.61 Å². The van der Waals surface area contributed by atoms with E-state index in [1.54, 1.807) is 18.6 Å². The number of benzene rings is 3. The Hall–Kier alpha value is -3.57. The van der Waals surface area contributed by atoms with Gasteiger partial charge < -0.3 is 14.4 Å². The van der Waals surface area contributed by atoms with Crippen molar-refractivity contribution in [1.29, 1.82) is 0 Å². The zero-order valence-electron chi connectivity index (χ0n) is 16.8. The van der Waals surface area contributed by atoms with Crippen LogP contribution in [0, 0.1) is 0 Å². The third kappa shape index (κ3) is 5.96. The van der Waals surface area contributed by atoms with Crippen LogP contribution in [-0.2, 0) is 17.8 Å². The molecule has 4 aromatic rings. The van der Waals surface area contributed by atoms with Crippen LogP contribution in [0.1, 0.15) is 16.7 Å². The molecule has 0 aliphatic heterocycles. The highest BCUT2D eigenvalue weighted by Gasteiger charge is 2.06. The molecule has 31 heavy (non-hydrogen) atoms. The first-order valence-electron chi connectivity index (χ1n) is 9.77. The number of nitrogens with zero attached hydrogens (tertiary/aromatic N) is 2. The molecule has 4 rings (SSSR count). The van der Waals surface area contributed by atoms with Gasteiger partial charge >= 0.3 is 5.97 Å². The van der Waals surface area contributed by atoms with Gasteiger partial charge in [0.1, 0.15) is 5.75 Å². The first-order chi connectivity index (χ1) is 14.7. The Morgan fingerprint density at radius 1 is 1.03 bits per heavy atom. The van der Waals surface area contributed by atoms with Gasteiger partial charge in [-0.3, -0.25) is 0 Å². The van der Waals surface area contributed by atoms with Crippen molar-refractivity contribution in [3.8, 4) is 5.75 Å². The van der Waals surface area contributed by atoms with E-state index in [1.165, 1.54) is 16.3 Å². The van der Waals surface area contributed by atoms with Crippen LogP contribution in [0.15, 0.2) is 85.5 Å². The fourth-order valence-corrected chi connectivity index (χ4v) is 3.37. The summed E-state index contributed by atoms with van der Waals surface area (Å²) < 4.78 is 8.05. The molecular formula is C25H23ClN2O3. The topological polar surface area (TPSA) is 64.3 Å². The van der Waals surface area contributed by atoms with E-state index in [-0.39, 0.29) is 12.4 Å². The molecule has 0 aliphatic rings. The number of carboxylic acid groups (broad SMARTS) is 1. The largest absolute Gasteiger partial charge is 0.493 e. The smallest absolute Gasteiger partial charge is 0.328 e. The van der Waals surface area contributed by atoms with Crippen LogP contribution in [0.4, 0.5) is 0 Å². The van der Waals surface area contributed by atoms with Crippen molar-refractivity contribution in [1.82, 2.24) is 9.55 Å². The lowest BCUT2D eigenvalue weighted by atomic mass is 10.1. The molecule has 3 aromatic carbocycles. The summed E-state index contributed by atoms with van der Waals surface area (Å²) >= 11 is 0. The van der Waals surface area contributed by atoms with Gasteiger partial charge in [-0.15, -0.1) is 12.4 Å². The van der Waals surface area contributed by atoms with E-state index in [9.17, 15) is 4.79 Å². The summed E-state index contributed by atoms with van der Waals surface area (Å²) in [6.07, 6.45) is 8.86. The van der Waals surface area contributed by atoms with E-state index in [2.05, 4.69) is 35.3 Å². The zero-order chi connectivity index (χ0) is 20.8. The number of aromatic nitrogens is 2. The number of rotatable bonds is 8. The molecule has 5 nitrogen and oxygen atoms in total. The van der Waals surface area contributed by atoms with E-state index < -0.39 is 5.97 Å². The van der Waals surface area contributed by atoms with Crippen molar-refractivity contribution in [2.45, 2.75) is 13.0 Å². The molecule has 0 amide bonds. The van der Waals surface area contributed by atoms with Gasteiger partial charge in [-0.25, -0.2) is 9.78 Å². The van der Waals surface area contributed by atoms with Crippen LogP contribution < -0.4 is 4.74 Å². The predicted molar refractivity (Wildman–Crippen MR) is 125 cm³/mol. The molecule has 0 unspecified atom stereocenters. The molecule has 0 aliphatic carbocycles. The Morgan fingerprint density at radius 3 is 2.61 bits per heavy atom. The molecule has 0 radical (unpaired) electrons. The highest BCUT2D eigenvalue weighted by atomic mass is 35.5. The highest BCUT2D eigenvalue weighted by Crippen LogP contribution is 2.23. The Kier molecular flexibility index (Phi) is 7.46. The molecule has 0 atom stereocenters. The standard InChI is InChI=1S/C25H22N2O3.ClH/c28-25(29)10-9-22-8-6-20(17-27-13-12-26-18-27)16-24(22)30-14-11-19-5-7-21-3-1-2-4-23(21)15-19;/h1-10,12-13,15-16,18H,11,14,17H2,(H,28,29);1H. The molecule has 0 bridgehead atoms. The quantitative estimate of drug-likeness (QED) is 0.386. The number of fused-ring (bicyclic) bond motifs is 1. The minimum atomic E-state index is -0.986. The average molecular weight is 435 g/mol. The minimum Gasteiger partial charge on any atom is -0.493 e. The summed E-state index contributed by atoms with van der Waals surface area (Å²) in [4.78, 5) is 15.0. The van der Waals surface area contributed by atoms with Gasteiger partial charge in [0, 0.05) is 37.0 Å². The first-order valence-corrected chi connectivity index (χ1v) is 9.77. The molecule has 0 fully saturated rings. The second kappa shape index (κ2) is 10.5. The van der Waals surface area contributed by atoms with E-state index in [0.29, 0.717) is 18.9 Å². The van der Waals surface area contributed by atoms with Gasteiger partial charge in [0.05, 0.1) is 12.9 Å². The summed E-state index contributed by atoms with van der Waals surface area (Å²) in [6.45, 7) is 1.17. The molecule has 0 spiro atoms. The Morgan fingerprint density at radius 2 is 1.84 bits per heavy atom. The van der Waals surface area contributed by atoms with E-state index in [1.807, 2.05) is 41.1 Å². The van der Waals surface area contributed by atoms with Crippen LogP contribution in [0.5, 0.6) is 5.75 Å². The molecule has 1 N–H and O–H groups in total. The van der Waals surface area contributed by atoms with Crippen LogP contribution in [-0.4, -0.2) is 27.2 Å². The average Bonchev–Trinajstić information content (AvgIpc) is 3.26. The van der Waals surface area contributed by atoms with E-state index in [0.717, 1.165) is 23.6 Å². The molecule has 6 heteroatoms. The predicted octanol–water partition coefficient (Wildman–Crippen LogP) is 5.23. The normalized spacial score (nSPS) is 10.8. The highest BCUT2D eigenvalue weighted by molar-refractivity contribution is 5.86. The third-order valence-electron chi connectivity index (χ3n) is 4.87. The number of ether oxygens (including phenoxy) is 1. The van der Waals surface area contributed by atoms with Gasteiger partial charge in [-0.1, -0.05) is 54.6 Å². The van der Waals surface area contributed by atoms with Gasteiger partial charge in [0.2, 0.25) is 0 Å². The van der Waals surface area contributed by atoms with Crippen molar-refractivity contribution in [3.05, 3.63) is 102 Å². The number of hydrogen-bond acceptors (Lipinski definition) is 3. The summed E-state index contributed by atoms with van der Waals surface area (Å²) in [6, 6.07) is 20.5. The Balaban J connectivity index is 0.00000272. The van der Waals surface area contributed by atoms with Gasteiger partial charge in [-0.05, 0) is 34.0 Å². The van der Waals surface area contributed by atoms with Gasteiger partial charge in [-0.2, -0.15) is 0 Å². The number of halogens is 1. The third-order valence-corrected chi connectivity index (χ3v) is 4.87. The fraction of sp³-hybridized carbons (Fsp3) is 0.120. The minimum absolute atomic E-state index is 0. The van der Waals surface area contributed by atoms with Crippen molar-refractivity contribution in [2.24, 2.45) is 0 Å². The summed E-state index contributed by atoms with van der Waals surface area (Å²) in [5.74, 6) is -0.314. The lowest BCUT2D eigenvalue weighted by Crippen LogP contribution is -2.04. The Bertz CT molecular complexity index is 1190. The van der Waals surface area contributed by atoms with Crippen molar-refractivity contribution >= 4 is 35.2 Å². The maximum Gasteiger partial charge on any atom is 0.328 e. The van der Waals surface area contributed by atoms with Crippen LogP contribution in [0.3, 0.4) is 0 Å². The maximum absolute atomic E-state index is 10.9. The van der Waals surface area contributed by atoms with Crippen molar-refractivity contribution in [3.63, 3.8) is 0 Å². The van der Waals surface area contributed by atoms with Crippen molar-refractivity contribution < 1.29 is 14.6 Å². The SMILES string of the molecule is Cl.O=C(O)C=Cc1ccc(Cn2ccnc2)cc1OCCc1ccc2ccccc2c1. The van der Waals surface area contributed by atoms with Crippen LogP contribution >= 0.6 is 12.4 Å². The summed E-state index contributed by atoms with van der Waals surface area (Å²) in [5, 5.41) is 11.4. The van der Waals surface area contributed by atoms with E-state index in [4.69, 9.17) is 9.84 Å². The maximum atomic E-state index is 10.9. The lowest BCUT2D eigenvalue weighted by molar-refractivity contribution is -0.131. The number of imidazole rings is 1. The second-order valence-corrected chi connectivity index (χ2v) is 7.06. The summed E-state index contributed by atoms with van der Waals surface area (Å²) in [7, 11) is 0. The molecule has 0 saturated heterocycles. The molecule has 0 saturated carbocycles.